The number of fused-ring (bicyclic) bond motifs is 2. The number of nitrogens with zero attached hydrogens (tertiary/aromatic N) is 4. The van der Waals surface area contributed by atoms with Crippen LogP contribution in [0.5, 0.6) is 0 Å². The maximum Gasteiger partial charge on any atom is 0.131 e. The molecule has 0 amide bonds. The summed E-state index contributed by atoms with van der Waals surface area (Å²) in [5.41, 5.74) is 3.35. The van der Waals surface area contributed by atoms with E-state index in [1.807, 2.05) is 24.2 Å². The summed E-state index contributed by atoms with van der Waals surface area (Å²) in [5.74, 6) is 1.21. The molecule has 0 N–H and O–H groups in total. The number of imidazole rings is 1. The number of hydrogen-bond donors (Lipinski definition) is 0. The van der Waals surface area contributed by atoms with Gasteiger partial charge in [0.1, 0.15) is 16.0 Å². The molecule has 1 fully saturated rings. The van der Waals surface area contributed by atoms with Crippen molar-refractivity contribution in [1.29, 1.82) is 0 Å². The molecule has 2 aliphatic heterocycles. The summed E-state index contributed by atoms with van der Waals surface area (Å²) in [6, 6.07) is 1.88. The van der Waals surface area contributed by atoms with Gasteiger partial charge in [-0.1, -0.05) is 23.8 Å². The molecule has 0 saturated heterocycles. The molecule has 0 bridgehead atoms. The second kappa shape index (κ2) is 5.21. The predicted octanol–water partition coefficient (Wildman–Crippen LogP) is 4.08. The molecule has 3 aliphatic rings. The zero-order valence-electron chi connectivity index (χ0n) is 12.4. The van der Waals surface area contributed by atoms with Crippen molar-refractivity contribution in [3.8, 4) is 0 Å². The van der Waals surface area contributed by atoms with Gasteiger partial charge in [-0.05, 0) is 24.3 Å². The number of halogens is 1. The molecule has 2 aromatic heterocycles. The highest BCUT2D eigenvalue weighted by Crippen LogP contribution is 2.44. The molecule has 2 atom stereocenters. The molecule has 1 saturated carbocycles. The van der Waals surface area contributed by atoms with Crippen LogP contribution in [0.15, 0.2) is 46.2 Å². The second-order valence-corrected chi connectivity index (χ2v) is 7.94. The van der Waals surface area contributed by atoms with Crippen LogP contribution in [0.4, 0.5) is 0 Å². The van der Waals surface area contributed by atoms with E-state index in [1.54, 1.807) is 6.20 Å². The van der Waals surface area contributed by atoms with Crippen molar-refractivity contribution in [2.45, 2.75) is 24.8 Å². The van der Waals surface area contributed by atoms with Gasteiger partial charge in [0.05, 0.1) is 24.6 Å². The average Bonchev–Trinajstić information content (AvgIpc) is 3.22. The van der Waals surface area contributed by atoms with Gasteiger partial charge in [0, 0.05) is 23.1 Å². The van der Waals surface area contributed by atoms with Crippen molar-refractivity contribution in [3.63, 3.8) is 0 Å². The number of allylic oxidation sites excluding steroid dienone is 2. The molecule has 116 valence electrons. The van der Waals surface area contributed by atoms with Crippen molar-refractivity contribution in [2.24, 2.45) is 16.8 Å². The van der Waals surface area contributed by atoms with Gasteiger partial charge in [-0.25, -0.2) is 9.97 Å². The summed E-state index contributed by atoms with van der Waals surface area (Å²) >= 11 is 7.88. The fraction of sp³-hybridized carbons (Fsp3) is 0.353. The molecule has 4 heterocycles. The molecule has 0 radical (unpaired) electrons. The van der Waals surface area contributed by atoms with Crippen molar-refractivity contribution < 1.29 is 0 Å². The van der Waals surface area contributed by atoms with Gasteiger partial charge in [0.2, 0.25) is 0 Å². The number of dihydropyridines is 1. The molecule has 0 aromatic carbocycles. The van der Waals surface area contributed by atoms with Gasteiger partial charge in [0.25, 0.3) is 0 Å². The van der Waals surface area contributed by atoms with E-state index in [2.05, 4.69) is 32.9 Å². The molecule has 6 heteroatoms. The molecule has 2 aromatic rings. The average molecular weight is 343 g/mol. The Morgan fingerprint density at radius 3 is 3.04 bits per heavy atom. The molecular formula is C17H15ClN4S. The maximum absolute atomic E-state index is 6.02. The van der Waals surface area contributed by atoms with Gasteiger partial charge in [-0.2, -0.15) is 0 Å². The monoisotopic (exact) mass is 342 g/mol. The third-order valence-electron chi connectivity index (χ3n) is 4.58. The van der Waals surface area contributed by atoms with E-state index in [0.29, 0.717) is 16.4 Å². The van der Waals surface area contributed by atoms with Crippen LogP contribution in [0, 0.1) is 11.8 Å². The maximum atomic E-state index is 6.02. The molecule has 5 rings (SSSR count). The minimum atomic E-state index is 0.313. The van der Waals surface area contributed by atoms with Gasteiger partial charge >= 0.3 is 0 Å². The van der Waals surface area contributed by atoms with Crippen molar-refractivity contribution in [3.05, 3.63) is 46.4 Å². The van der Waals surface area contributed by atoms with E-state index in [1.165, 1.54) is 23.3 Å². The minimum Gasteiger partial charge on any atom is -0.325 e. The largest absolute Gasteiger partial charge is 0.325 e. The number of hydrogen-bond acceptors (Lipinski definition) is 4. The Balaban J connectivity index is 1.41. The van der Waals surface area contributed by atoms with Gasteiger partial charge in [-0.3, -0.25) is 4.99 Å². The van der Waals surface area contributed by atoms with E-state index in [9.17, 15) is 0 Å². The van der Waals surface area contributed by atoms with Crippen molar-refractivity contribution >= 4 is 40.6 Å². The fourth-order valence-corrected chi connectivity index (χ4v) is 4.58. The first kappa shape index (κ1) is 13.8. The molecular weight excluding hydrogens is 328 g/mol. The number of pyridine rings is 1. The highest BCUT2D eigenvalue weighted by atomic mass is 35.5. The highest BCUT2D eigenvalue weighted by molar-refractivity contribution is 8.03. The Labute approximate surface area is 143 Å². The highest BCUT2D eigenvalue weighted by Gasteiger charge is 2.33. The summed E-state index contributed by atoms with van der Waals surface area (Å²) in [4.78, 5) is 14.6. The molecule has 2 unspecified atom stereocenters. The Kier molecular flexibility index (Phi) is 3.13. The summed E-state index contributed by atoms with van der Waals surface area (Å²) in [5, 5.41) is 0.815. The van der Waals surface area contributed by atoms with Crippen LogP contribution in [-0.2, 0) is 6.54 Å². The van der Waals surface area contributed by atoms with E-state index < -0.39 is 0 Å². The van der Waals surface area contributed by atoms with Crippen LogP contribution in [-0.4, -0.2) is 26.1 Å². The zero-order valence-corrected chi connectivity index (χ0v) is 14.0. The van der Waals surface area contributed by atoms with Crippen LogP contribution < -0.4 is 0 Å². The molecule has 4 nitrogen and oxygen atoms in total. The van der Waals surface area contributed by atoms with Crippen LogP contribution >= 0.6 is 23.4 Å². The lowest BCUT2D eigenvalue weighted by molar-refractivity contribution is 0.755. The van der Waals surface area contributed by atoms with Crippen LogP contribution in [0.1, 0.15) is 12.8 Å². The van der Waals surface area contributed by atoms with E-state index in [0.717, 1.165) is 23.5 Å². The molecule has 23 heavy (non-hydrogen) atoms. The minimum absolute atomic E-state index is 0.313. The summed E-state index contributed by atoms with van der Waals surface area (Å²) < 4.78 is 2.13. The summed E-state index contributed by atoms with van der Waals surface area (Å²) in [6.45, 7) is 0.816. The normalized spacial score (nSPS) is 26.3. The Morgan fingerprint density at radius 2 is 2.17 bits per heavy atom. The third kappa shape index (κ3) is 2.52. The number of aromatic nitrogens is 3. The zero-order chi connectivity index (χ0) is 15.4. The predicted molar refractivity (Wildman–Crippen MR) is 94.8 cm³/mol. The Morgan fingerprint density at radius 1 is 1.26 bits per heavy atom. The molecule has 1 aliphatic carbocycles. The standard InChI is InChI=1S/C17H15ClN4S/c18-16-5-15-14(7-19-16)21-9-22(15)8-13-4-11-3-12(10-1-2-10)6-20-17(11)23-13/h3-7,9-11,17H,1-2,8H2. The topological polar surface area (TPSA) is 43.1 Å². The lowest BCUT2D eigenvalue weighted by Gasteiger charge is -2.16. The smallest absolute Gasteiger partial charge is 0.131 e. The van der Waals surface area contributed by atoms with E-state index >= 15 is 0 Å². The summed E-state index contributed by atoms with van der Waals surface area (Å²) in [6.07, 6.45) is 13.1. The Hall–Kier alpha value is -1.59. The fourth-order valence-electron chi connectivity index (χ4n) is 3.23. The quantitative estimate of drug-likeness (QED) is 0.789. The van der Waals surface area contributed by atoms with Gasteiger partial charge in [-0.15, -0.1) is 11.8 Å². The third-order valence-corrected chi connectivity index (χ3v) is 6.04. The van der Waals surface area contributed by atoms with Crippen LogP contribution in [0.3, 0.4) is 0 Å². The van der Waals surface area contributed by atoms with E-state index in [4.69, 9.17) is 16.6 Å². The van der Waals surface area contributed by atoms with Gasteiger partial charge in [0.15, 0.2) is 0 Å². The first-order chi connectivity index (χ1) is 11.3. The van der Waals surface area contributed by atoms with Gasteiger partial charge < -0.3 is 4.57 Å². The lowest BCUT2D eigenvalue weighted by Crippen LogP contribution is -2.13. The molecule has 0 spiro atoms. The number of thioether (sulfide) groups is 1. The number of rotatable bonds is 3. The lowest BCUT2D eigenvalue weighted by atomic mass is 10.00. The van der Waals surface area contributed by atoms with Crippen LogP contribution in [0.25, 0.3) is 11.0 Å². The first-order valence-electron chi connectivity index (χ1n) is 7.85. The van der Waals surface area contributed by atoms with Crippen LogP contribution in [0.2, 0.25) is 5.15 Å². The SMILES string of the molecule is Clc1cc2c(cn1)ncn2CC1=CC2C=C(C3CC3)C=NC2S1. The summed E-state index contributed by atoms with van der Waals surface area (Å²) in [7, 11) is 0. The number of aliphatic imine (C=N–C) groups is 1. The Bertz CT molecular complexity index is 878. The van der Waals surface area contributed by atoms with Crippen molar-refractivity contribution in [2.75, 3.05) is 0 Å². The second-order valence-electron chi connectivity index (χ2n) is 6.31. The first-order valence-corrected chi connectivity index (χ1v) is 9.11. The van der Waals surface area contributed by atoms with E-state index in [-0.39, 0.29) is 0 Å². The van der Waals surface area contributed by atoms with Crippen molar-refractivity contribution in [1.82, 2.24) is 14.5 Å².